The highest BCUT2D eigenvalue weighted by atomic mass is 16.2. The van der Waals surface area contributed by atoms with Crippen LogP contribution < -0.4 is 5.32 Å². The monoisotopic (exact) mass is 212 g/mol. The van der Waals surface area contributed by atoms with Crippen LogP contribution in [0.15, 0.2) is 0 Å². The van der Waals surface area contributed by atoms with Gasteiger partial charge >= 0.3 is 0 Å². The Morgan fingerprint density at radius 3 is 2.47 bits per heavy atom. The van der Waals surface area contributed by atoms with Crippen LogP contribution in [0.1, 0.15) is 40.5 Å². The van der Waals surface area contributed by atoms with Crippen molar-refractivity contribution in [2.24, 2.45) is 5.41 Å². The van der Waals surface area contributed by atoms with Crippen molar-refractivity contribution in [3.63, 3.8) is 0 Å². The van der Waals surface area contributed by atoms with Gasteiger partial charge in [-0.3, -0.25) is 9.69 Å². The molecule has 0 saturated carbocycles. The predicted octanol–water partition coefficient (Wildman–Crippen LogP) is 1.63. The number of likely N-dealkylation sites (N-methyl/N-ethyl adjacent to an activating group) is 1. The highest BCUT2D eigenvalue weighted by molar-refractivity contribution is 5.82. The Labute approximate surface area is 93.2 Å². The number of carbonyl (C=O) groups excluding carboxylic acids is 1. The number of amides is 1. The molecule has 3 heteroatoms. The zero-order chi connectivity index (χ0) is 11.6. The van der Waals surface area contributed by atoms with Crippen LogP contribution in [-0.2, 0) is 4.79 Å². The minimum atomic E-state index is 0.0924. The van der Waals surface area contributed by atoms with E-state index in [0.29, 0.717) is 0 Å². The SMILES string of the molecule is C[C@@H](NC(=O)[C@@H]1CCCN1C)C(C)(C)C. The lowest BCUT2D eigenvalue weighted by Crippen LogP contribution is -2.48. The molecule has 15 heavy (non-hydrogen) atoms. The normalized spacial score (nSPS) is 25.3. The van der Waals surface area contributed by atoms with E-state index in [4.69, 9.17) is 0 Å². The van der Waals surface area contributed by atoms with Crippen molar-refractivity contribution in [1.29, 1.82) is 0 Å². The first-order valence-electron chi connectivity index (χ1n) is 5.83. The predicted molar refractivity (Wildman–Crippen MR) is 62.7 cm³/mol. The fourth-order valence-electron chi connectivity index (χ4n) is 1.77. The summed E-state index contributed by atoms with van der Waals surface area (Å²) in [5, 5.41) is 3.11. The van der Waals surface area contributed by atoms with E-state index in [-0.39, 0.29) is 23.4 Å². The average molecular weight is 212 g/mol. The van der Waals surface area contributed by atoms with Crippen molar-refractivity contribution in [3.8, 4) is 0 Å². The second kappa shape index (κ2) is 4.52. The van der Waals surface area contributed by atoms with E-state index in [1.165, 1.54) is 0 Å². The van der Waals surface area contributed by atoms with Crippen LogP contribution in [0.5, 0.6) is 0 Å². The summed E-state index contributed by atoms with van der Waals surface area (Å²) >= 11 is 0. The van der Waals surface area contributed by atoms with Gasteiger partial charge in [0.2, 0.25) is 5.91 Å². The first-order valence-corrected chi connectivity index (χ1v) is 5.83. The second-order valence-electron chi connectivity index (χ2n) is 5.73. The third-order valence-electron chi connectivity index (χ3n) is 3.48. The molecule has 0 aromatic carbocycles. The standard InChI is InChI=1S/C12H24N2O/c1-9(12(2,3)4)13-11(15)10-7-6-8-14(10)5/h9-10H,6-8H2,1-5H3,(H,13,15)/t9-,10+/m1/s1. The Morgan fingerprint density at radius 1 is 1.47 bits per heavy atom. The molecular weight excluding hydrogens is 188 g/mol. The van der Waals surface area contributed by atoms with Crippen LogP contribution in [-0.4, -0.2) is 36.5 Å². The molecule has 1 amide bonds. The van der Waals surface area contributed by atoms with Crippen molar-refractivity contribution >= 4 is 5.91 Å². The summed E-state index contributed by atoms with van der Waals surface area (Å²) in [5.41, 5.74) is 0.132. The van der Waals surface area contributed by atoms with Gasteiger partial charge in [-0.2, -0.15) is 0 Å². The minimum Gasteiger partial charge on any atom is -0.352 e. The molecule has 0 spiro atoms. The molecule has 1 heterocycles. The quantitative estimate of drug-likeness (QED) is 0.754. The molecule has 88 valence electrons. The lowest BCUT2D eigenvalue weighted by atomic mass is 9.88. The van der Waals surface area contributed by atoms with Gasteiger partial charge in [0.15, 0.2) is 0 Å². The maximum Gasteiger partial charge on any atom is 0.237 e. The lowest BCUT2D eigenvalue weighted by molar-refractivity contribution is -0.126. The number of nitrogens with one attached hydrogen (secondary N) is 1. The fraction of sp³-hybridized carbons (Fsp3) is 0.917. The first kappa shape index (κ1) is 12.5. The van der Waals surface area contributed by atoms with Gasteiger partial charge in [0.25, 0.3) is 0 Å². The summed E-state index contributed by atoms with van der Waals surface area (Å²) in [6.45, 7) is 9.57. The maximum atomic E-state index is 12.0. The van der Waals surface area contributed by atoms with E-state index in [9.17, 15) is 4.79 Å². The number of carbonyl (C=O) groups is 1. The Kier molecular flexibility index (Phi) is 3.77. The molecular formula is C12H24N2O. The topological polar surface area (TPSA) is 32.3 Å². The zero-order valence-corrected chi connectivity index (χ0v) is 10.6. The molecule has 0 aromatic rings. The van der Waals surface area contributed by atoms with Gasteiger partial charge in [-0.15, -0.1) is 0 Å². The highest BCUT2D eigenvalue weighted by Crippen LogP contribution is 2.20. The summed E-state index contributed by atoms with van der Waals surface area (Å²) < 4.78 is 0. The van der Waals surface area contributed by atoms with Gasteiger partial charge in [0, 0.05) is 6.04 Å². The molecule has 0 unspecified atom stereocenters. The first-order chi connectivity index (χ1) is 6.82. The number of rotatable bonds is 2. The van der Waals surface area contributed by atoms with Crippen LogP contribution >= 0.6 is 0 Å². The van der Waals surface area contributed by atoms with Crippen molar-refractivity contribution in [2.75, 3.05) is 13.6 Å². The van der Waals surface area contributed by atoms with E-state index < -0.39 is 0 Å². The zero-order valence-electron chi connectivity index (χ0n) is 10.6. The molecule has 0 radical (unpaired) electrons. The third-order valence-corrected chi connectivity index (χ3v) is 3.48. The summed E-state index contributed by atoms with van der Waals surface area (Å²) in [7, 11) is 2.03. The van der Waals surface area contributed by atoms with Crippen molar-refractivity contribution < 1.29 is 4.79 Å². The second-order valence-corrected chi connectivity index (χ2v) is 5.73. The fourth-order valence-corrected chi connectivity index (χ4v) is 1.77. The molecule has 1 N–H and O–H groups in total. The minimum absolute atomic E-state index is 0.0924. The Bertz CT molecular complexity index is 232. The summed E-state index contributed by atoms with van der Waals surface area (Å²) in [4.78, 5) is 14.1. The van der Waals surface area contributed by atoms with Gasteiger partial charge in [0.1, 0.15) is 0 Å². The molecule has 3 nitrogen and oxygen atoms in total. The number of likely N-dealkylation sites (tertiary alicyclic amines) is 1. The van der Waals surface area contributed by atoms with Crippen LogP contribution in [0, 0.1) is 5.41 Å². The maximum absolute atomic E-state index is 12.0. The van der Waals surface area contributed by atoms with Gasteiger partial charge in [-0.25, -0.2) is 0 Å². The average Bonchev–Trinajstić information content (AvgIpc) is 2.49. The van der Waals surface area contributed by atoms with E-state index in [1.54, 1.807) is 0 Å². The molecule has 0 bridgehead atoms. The number of hydrogen-bond donors (Lipinski definition) is 1. The number of nitrogens with zero attached hydrogens (tertiary/aromatic N) is 1. The Morgan fingerprint density at radius 2 is 2.07 bits per heavy atom. The van der Waals surface area contributed by atoms with Crippen molar-refractivity contribution in [1.82, 2.24) is 10.2 Å². The largest absolute Gasteiger partial charge is 0.352 e. The Hall–Kier alpha value is -0.570. The Balaban J connectivity index is 2.48. The summed E-state index contributed by atoms with van der Waals surface area (Å²) in [5.74, 6) is 0.192. The number of hydrogen-bond acceptors (Lipinski definition) is 2. The smallest absolute Gasteiger partial charge is 0.237 e. The van der Waals surface area contributed by atoms with Crippen LogP contribution in [0.25, 0.3) is 0 Å². The van der Waals surface area contributed by atoms with Gasteiger partial charge < -0.3 is 5.32 Å². The van der Waals surface area contributed by atoms with E-state index in [2.05, 4.69) is 37.9 Å². The van der Waals surface area contributed by atoms with E-state index in [1.807, 2.05) is 7.05 Å². The molecule has 2 atom stereocenters. The molecule has 0 aromatic heterocycles. The van der Waals surface area contributed by atoms with Gasteiger partial charge in [-0.1, -0.05) is 20.8 Å². The molecule has 0 aliphatic carbocycles. The third kappa shape index (κ3) is 3.20. The van der Waals surface area contributed by atoms with Crippen LogP contribution in [0.2, 0.25) is 0 Å². The van der Waals surface area contributed by atoms with E-state index >= 15 is 0 Å². The van der Waals surface area contributed by atoms with Gasteiger partial charge in [-0.05, 0) is 38.8 Å². The van der Waals surface area contributed by atoms with Gasteiger partial charge in [0.05, 0.1) is 6.04 Å². The highest BCUT2D eigenvalue weighted by Gasteiger charge is 2.30. The summed E-state index contributed by atoms with van der Waals surface area (Å²) in [6.07, 6.45) is 2.14. The molecule has 1 aliphatic rings. The molecule has 1 aliphatic heterocycles. The molecule has 1 rings (SSSR count). The summed E-state index contributed by atoms with van der Waals surface area (Å²) in [6, 6.07) is 0.314. The molecule has 1 fully saturated rings. The van der Waals surface area contributed by atoms with Crippen molar-refractivity contribution in [2.45, 2.75) is 52.6 Å². The lowest BCUT2D eigenvalue weighted by Gasteiger charge is -2.30. The van der Waals surface area contributed by atoms with Crippen LogP contribution in [0.4, 0.5) is 0 Å². The van der Waals surface area contributed by atoms with E-state index in [0.717, 1.165) is 19.4 Å². The van der Waals surface area contributed by atoms with Crippen molar-refractivity contribution in [3.05, 3.63) is 0 Å². The van der Waals surface area contributed by atoms with Crippen LogP contribution in [0.3, 0.4) is 0 Å². The molecule has 1 saturated heterocycles.